The van der Waals surface area contributed by atoms with Crippen LogP contribution in [0.3, 0.4) is 0 Å². The van der Waals surface area contributed by atoms with Crippen LogP contribution >= 0.6 is 15.9 Å². The lowest BCUT2D eigenvalue weighted by Crippen LogP contribution is -1.97. The SMILES string of the molecule is NCc1ccc(Oc2ccc(F)cc2Br)nc1. The fourth-order valence-electron chi connectivity index (χ4n) is 1.26. The van der Waals surface area contributed by atoms with Gasteiger partial charge in [-0.1, -0.05) is 6.07 Å². The van der Waals surface area contributed by atoms with Crippen molar-refractivity contribution in [2.45, 2.75) is 6.54 Å². The summed E-state index contributed by atoms with van der Waals surface area (Å²) in [6.45, 7) is 0.438. The Kier molecular flexibility index (Phi) is 3.71. The first-order valence-corrected chi connectivity index (χ1v) is 5.76. The molecule has 0 saturated heterocycles. The van der Waals surface area contributed by atoms with Crippen LogP contribution in [0.25, 0.3) is 0 Å². The molecule has 88 valence electrons. The van der Waals surface area contributed by atoms with Gasteiger partial charge in [0.2, 0.25) is 5.88 Å². The number of ether oxygens (including phenoxy) is 1. The Morgan fingerprint density at radius 1 is 1.29 bits per heavy atom. The van der Waals surface area contributed by atoms with E-state index in [-0.39, 0.29) is 5.82 Å². The lowest BCUT2D eigenvalue weighted by atomic mass is 10.3. The molecule has 0 aliphatic heterocycles. The predicted octanol–water partition coefficient (Wildman–Crippen LogP) is 3.23. The van der Waals surface area contributed by atoms with Crippen molar-refractivity contribution in [1.29, 1.82) is 0 Å². The van der Waals surface area contributed by atoms with E-state index in [1.165, 1.54) is 18.2 Å². The molecular formula is C12H10BrFN2O. The van der Waals surface area contributed by atoms with Crippen molar-refractivity contribution < 1.29 is 9.13 Å². The second-order valence-electron chi connectivity index (χ2n) is 3.39. The quantitative estimate of drug-likeness (QED) is 0.946. The second kappa shape index (κ2) is 5.25. The maximum Gasteiger partial charge on any atom is 0.219 e. The molecule has 1 heterocycles. The molecule has 0 radical (unpaired) electrons. The third kappa shape index (κ3) is 3.01. The van der Waals surface area contributed by atoms with Gasteiger partial charge in [0, 0.05) is 18.8 Å². The third-order valence-electron chi connectivity index (χ3n) is 2.14. The highest BCUT2D eigenvalue weighted by atomic mass is 79.9. The Morgan fingerprint density at radius 2 is 2.12 bits per heavy atom. The molecule has 1 aromatic carbocycles. The summed E-state index contributed by atoms with van der Waals surface area (Å²) >= 11 is 3.22. The number of benzene rings is 1. The molecule has 0 atom stereocenters. The van der Waals surface area contributed by atoms with Crippen molar-refractivity contribution in [1.82, 2.24) is 4.98 Å². The molecule has 0 unspecified atom stereocenters. The number of nitrogens with two attached hydrogens (primary N) is 1. The van der Waals surface area contributed by atoms with Crippen LogP contribution < -0.4 is 10.5 Å². The van der Waals surface area contributed by atoms with E-state index in [9.17, 15) is 4.39 Å². The Balaban J connectivity index is 2.19. The Hall–Kier alpha value is -1.46. The molecule has 17 heavy (non-hydrogen) atoms. The number of hydrogen-bond acceptors (Lipinski definition) is 3. The van der Waals surface area contributed by atoms with Crippen LogP contribution in [0.15, 0.2) is 41.0 Å². The van der Waals surface area contributed by atoms with E-state index in [0.29, 0.717) is 22.6 Å². The maximum absolute atomic E-state index is 12.9. The highest BCUT2D eigenvalue weighted by molar-refractivity contribution is 9.10. The molecular weight excluding hydrogens is 287 g/mol. The van der Waals surface area contributed by atoms with E-state index in [2.05, 4.69) is 20.9 Å². The number of pyridine rings is 1. The summed E-state index contributed by atoms with van der Waals surface area (Å²) in [6.07, 6.45) is 1.65. The van der Waals surface area contributed by atoms with Gasteiger partial charge in [0.25, 0.3) is 0 Å². The molecule has 0 aliphatic rings. The Morgan fingerprint density at radius 3 is 2.71 bits per heavy atom. The predicted molar refractivity (Wildman–Crippen MR) is 66.3 cm³/mol. The standard InChI is InChI=1S/C12H10BrFN2O/c13-10-5-9(14)2-3-11(10)17-12-4-1-8(6-15)7-16-12/h1-5,7H,6,15H2. The molecule has 2 rings (SSSR count). The van der Waals surface area contributed by atoms with E-state index in [1.807, 2.05) is 6.07 Å². The third-order valence-corrected chi connectivity index (χ3v) is 2.76. The Labute approximate surface area is 107 Å². The minimum Gasteiger partial charge on any atom is -0.438 e. The van der Waals surface area contributed by atoms with Gasteiger partial charge in [-0.3, -0.25) is 0 Å². The van der Waals surface area contributed by atoms with E-state index < -0.39 is 0 Å². The average molecular weight is 297 g/mol. The summed E-state index contributed by atoms with van der Waals surface area (Å²) in [5.41, 5.74) is 6.39. The second-order valence-corrected chi connectivity index (χ2v) is 4.24. The van der Waals surface area contributed by atoms with Gasteiger partial charge in [0.05, 0.1) is 4.47 Å². The zero-order valence-electron chi connectivity index (χ0n) is 8.86. The normalized spacial score (nSPS) is 10.3. The number of nitrogens with zero attached hydrogens (tertiary/aromatic N) is 1. The summed E-state index contributed by atoms with van der Waals surface area (Å²) in [5, 5.41) is 0. The summed E-state index contributed by atoms with van der Waals surface area (Å²) in [4.78, 5) is 4.09. The monoisotopic (exact) mass is 296 g/mol. The zero-order chi connectivity index (χ0) is 12.3. The number of hydrogen-bond donors (Lipinski definition) is 1. The van der Waals surface area contributed by atoms with Crippen molar-refractivity contribution in [3.05, 3.63) is 52.4 Å². The van der Waals surface area contributed by atoms with Gasteiger partial charge in [0.1, 0.15) is 11.6 Å². The molecule has 0 saturated carbocycles. The van der Waals surface area contributed by atoms with Gasteiger partial charge in [0.15, 0.2) is 0 Å². The highest BCUT2D eigenvalue weighted by Gasteiger charge is 2.04. The molecule has 2 aromatic rings. The summed E-state index contributed by atoms with van der Waals surface area (Å²) < 4.78 is 18.9. The van der Waals surface area contributed by atoms with E-state index in [0.717, 1.165) is 5.56 Å². The van der Waals surface area contributed by atoms with Crippen LogP contribution in [-0.4, -0.2) is 4.98 Å². The van der Waals surface area contributed by atoms with Gasteiger partial charge >= 0.3 is 0 Å². The van der Waals surface area contributed by atoms with Crippen LogP contribution in [0.1, 0.15) is 5.56 Å². The summed E-state index contributed by atoms with van der Waals surface area (Å²) in [6, 6.07) is 7.76. The lowest BCUT2D eigenvalue weighted by Gasteiger charge is -2.07. The summed E-state index contributed by atoms with van der Waals surface area (Å²) in [5.74, 6) is 0.629. The molecule has 0 bridgehead atoms. The highest BCUT2D eigenvalue weighted by Crippen LogP contribution is 2.29. The topological polar surface area (TPSA) is 48.1 Å². The van der Waals surface area contributed by atoms with Gasteiger partial charge < -0.3 is 10.5 Å². The number of rotatable bonds is 3. The van der Waals surface area contributed by atoms with Crippen molar-refractivity contribution in [3.8, 4) is 11.6 Å². The largest absolute Gasteiger partial charge is 0.438 e. The van der Waals surface area contributed by atoms with Gasteiger partial charge in [-0.15, -0.1) is 0 Å². The van der Waals surface area contributed by atoms with E-state index >= 15 is 0 Å². The smallest absolute Gasteiger partial charge is 0.219 e. The molecule has 0 amide bonds. The van der Waals surface area contributed by atoms with Crippen molar-refractivity contribution >= 4 is 15.9 Å². The van der Waals surface area contributed by atoms with Crippen LogP contribution in [0, 0.1) is 5.82 Å². The van der Waals surface area contributed by atoms with Crippen LogP contribution in [-0.2, 0) is 6.54 Å². The van der Waals surface area contributed by atoms with Crippen molar-refractivity contribution in [2.75, 3.05) is 0 Å². The van der Waals surface area contributed by atoms with E-state index in [4.69, 9.17) is 10.5 Å². The fraction of sp³-hybridized carbons (Fsp3) is 0.0833. The van der Waals surface area contributed by atoms with Crippen molar-refractivity contribution in [2.24, 2.45) is 5.73 Å². The molecule has 0 aliphatic carbocycles. The molecule has 0 fully saturated rings. The molecule has 3 nitrogen and oxygen atoms in total. The fourth-order valence-corrected chi connectivity index (χ4v) is 1.69. The first kappa shape index (κ1) is 12.0. The van der Waals surface area contributed by atoms with Crippen molar-refractivity contribution in [3.63, 3.8) is 0 Å². The zero-order valence-corrected chi connectivity index (χ0v) is 10.4. The maximum atomic E-state index is 12.9. The summed E-state index contributed by atoms with van der Waals surface area (Å²) in [7, 11) is 0. The molecule has 2 N–H and O–H groups in total. The van der Waals surface area contributed by atoms with Gasteiger partial charge in [-0.2, -0.15) is 0 Å². The molecule has 1 aromatic heterocycles. The first-order valence-electron chi connectivity index (χ1n) is 4.97. The van der Waals surface area contributed by atoms with Crippen LogP contribution in [0.4, 0.5) is 4.39 Å². The number of halogens is 2. The van der Waals surface area contributed by atoms with Crippen LogP contribution in [0.5, 0.6) is 11.6 Å². The van der Waals surface area contributed by atoms with Gasteiger partial charge in [-0.25, -0.2) is 9.37 Å². The number of aromatic nitrogens is 1. The first-order chi connectivity index (χ1) is 8.19. The van der Waals surface area contributed by atoms with Gasteiger partial charge in [-0.05, 0) is 39.7 Å². The lowest BCUT2D eigenvalue weighted by molar-refractivity contribution is 0.458. The Bertz CT molecular complexity index is 516. The van der Waals surface area contributed by atoms with Crippen LogP contribution in [0.2, 0.25) is 0 Å². The molecule has 0 spiro atoms. The van der Waals surface area contributed by atoms with E-state index in [1.54, 1.807) is 12.3 Å². The average Bonchev–Trinajstić information content (AvgIpc) is 2.34. The minimum atomic E-state index is -0.323. The minimum absolute atomic E-state index is 0.323. The molecule has 5 heteroatoms.